The van der Waals surface area contributed by atoms with Gasteiger partial charge < -0.3 is 0 Å². The molecule has 11 heavy (non-hydrogen) atoms. The number of hydrogen-bond donors (Lipinski definition) is 0. The van der Waals surface area contributed by atoms with Crippen molar-refractivity contribution >= 4 is 5.78 Å². The van der Waals surface area contributed by atoms with E-state index < -0.39 is 0 Å². The van der Waals surface area contributed by atoms with E-state index in [1.54, 1.807) is 6.92 Å². The highest BCUT2D eigenvalue weighted by atomic mass is 16.1. The number of hydrogen-bond acceptors (Lipinski definition) is 1. The van der Waals surface area contributed by atoms with Crippen molar-refractivity contribution < 1.29 is 4.79 Å². The van der Waals surface area contributed by atoms with Gasteiger partial charge in [0.25, 0.3) is 0 Å². The monoisotopic (exact) mass is 152 g/mol. The first-order valence-electron chi connectivity index (χ1n) is 4.21. The van der Waals surface area contributed by atoms with Crippen LogP contribution in [0.1, 0.15) is 40.0 Å². The van der Waals surface area contributed by atoms with Gasteiger partial charge in [-0.2, -0.15) is 0 Å². The topological polar surface area (TPSA) is 17.1 Å². The second kappa shape index (κ2) is 2.80. The molecule has 1 rings (SSSR count). The van der Waals surface area contributed by atoms with Crippen molar-refractivity contribution in [3.05, 3.63) is 11.6 Å². The van der Waals surface area contributed by atoms with Crippen molar-refractivity contribution in [1.29, 1.82) is 0 Å². The predicted molar refractivity (Wildman–Crippen MR) is 46.4 cm³/mol. The summed E-state index contributed by atoms with van der Waals surface area (Å²) in [5, 5.41) is 0. The minimum atomic E-state index is -0.0560. The van der Waals surface area contributed by atoms with E-state index >= 15 is 0 Å². The van der Waals surface area contributed by atoms with Gasteiger partial charge in [0.2, 0.25) is 0 Å². The molecule has 1 unspecified atom stereocenters. The number of Topliss-reactive ketones (excluding diaryl/α,β-unsaturated/α-hetero) is 1. The van der Waals surface area contributed by atoms with Gasteiger partial charge in [0.1, 0.15) is 5.78 Å². The molecule has 1 atom stereocenters. The van der Waals surface area contributed by atoms with Crippen molar-refractivity contribution in [2.75, 3.05) is 0 Å². The fourth-order valence-electron chi connectivity index (χ4n) is 1.40. The highest BCUT2D eigenvalue weighted by Gasteiger charge is 2.30. The lowest BCUT2D eigenvalue weighted by molar-refractivity contribution is -0.126. The van der Waals surface area contributed by atoms with E-state index in [1.165, 1.54) is 5.57 Å². The molecule has 0 bridgehead atoms. The summed E-state index contributed by atoms with van der Waals surface area (Å²) in [6.45, 7) is 5.91. The Bertz CT molecular complexity index is 203. The zero-order valence-electron chi connectivity index (χ0n) is 7.61. The normalized spacial score (nSPS) is 31.4. The number of carbonyl (C=O) groups excluding carboxylic acids is 1. The van der Waals surface area contributed by atoms with E-state index in [0.717, 1.165) is 19.3 Å². The van der Waals surface area contributed by atoms with E-state index in [9.17, 15) is 4.79 Å². The third-order valence-electron chi connectivity index (χ3n) is 2.82. The molecule has 0 spiro atoms. The van der Waals surface area contributed by atoms with Crippen molar-refractivity contribution in [1.82, 2.24) is 0 Å². The van der Waals surface area contributed by atoms with E-state index in [0.29, 0.717) is 5.78 Å². The molecule has 1 nitrogen and oxygen atoms in total. The van der Waals surface area contributed by atoms with Crippen LogP contribution < -0.4 is 0 Å². The maximum atomic E-state index is 11.2. The second-order valence-corrected chi connectivity index (χ2v) is 3.87. The summed E-state index contributed by atoms with van der Waals surface area (Å²) in [4.78, 5) is 11.2. The Kier molecular flexibility index (Phi) is 2.17. The molecular formula is C10H16O. The largest absolute Gasteiger partial charge is 0.299 e. The Labute approximate surface area is 68.5 Å². The van der Waals surface area contributed by atoms with Crippen LogP contribution >= 0.6 is 0 Å². The van der Waals surface area contributed by atoms with Crippen LogP contribution in [0.5, 0.6) is 0 Å². The van der Waals surface area contributed by atoms with Crippen molar-refractivity contribution in [2.45, 2.75) is 40.0 Å². The summed E-state index contributed by atoms with van der Waals surface area (Å²) >= 11 is 0. The van der Waals surface area contributed by atoms with Crippen molar-refractivity contribution in [3.8, 4) is 0 Å². The number of allylic oxidation sites excluding steroid dienone is 2. The summed E-state index contributed by atoms with van der Waals surface area (Å²) in [6, 6.07) is 0. The highest BCUT2D eigenvalue weighted by molar-refractivity contribution is 5.82. The van der Waals surface area contributed by atoms with Crippen LogP contribution in [-0.2, 0) is 4.79 Å². The van der Waals surface area contributed by atoms with Gasteiger partial charge in [0, 0.05) is 5.41 Å². The summed E-state index contributed by atoms with van der Waals surface area (Å²) in [6.07, 6.45) is 5.26. The zero-order chi connectivity index (χ0) is 8.48. The van der Waals surface area contributed by atoms with Crippen LogP contribution in [0.4, 0.5) is 0 Å². The molecule has 0 fully saturated rings. The zero-order valence-corrected chi connectivity index (χ0v) is 7.61. The Morgan fingerprint density at radius 1 is 1.64 bits per heavy atom. The average Bonchev–Trinajstić information content (AvgIpc) is 1.95. The Hall–Kier alpha value is -0.590. The molecule has 1 aliphatic rings. The molecule has 1 aliphatic carbocycles. The van der Waals surface area contributed by atoms with Crippen LogP contribution in [0, 0.1) is 5.41 Å². The highest BCUT2D eigenvalue weighted by Crippen LogP contribution is 2.35. The first kappa shape index (κ1) is 8.51. The average molecular weight is 152 g/mol. The van der Waals surface area contributed by atoms with Crippen LogP contribution in [-0.4, -0.2) is 5.78 Å². The molecule has 0 aromatic carbocycles. The van der Waals surface area contributed by atoms with Crippen molar-refractivity contribution in [2.24, 2.45) is 5.41 Å². The molecule has 0 N–H and O–H groups in total. The number of ketones is 1. The van der Waals surface area contributed by atoms with Gasteiger partial charge in [0.05, 0.1) is 0 Å². The molecule has 1 heteroatoms. The maximum absolute atomic E-state index is 11.2. The van der Waals surface area contributed by atoms with Crippen LogP contribution in [0.25, 0.3) is 0 Å². The minimum Gasteiger partial charge on any atom is -0.299 e. The molecule has 0 saturated heterocycles. The third-order valence-corrected chi connectivity index (χ3v) is 2.82. The van der Waals surface area contributed by atoms with Gasteiger partial charge >= 0.3 is 0 Å². The van der Waals surface area contributed by atoms with Gasteiger partial charge in [-0.25, -0.2) is 0 Å². The van der Waals surface area contributed by atoms with Gasteiger partial charge in [-0.1, -0.05) is 18.6 Å². The fraction of sp³-hybridized carbons (Fsp3) is 0.700. The molecule has 0 aromatic rings. The first-order valence-corrected chi connectivity index (χ1v) is 4.21. The fourth-order valence-corrected chi connectivity index (χ4v) is 1.40. The SMILES string of the molecule is CC(=O)C1(C)CC=C(C)CC1. The third kappa shape index (κ3) is 1.70. The summed E-state index contributed by atoms with van der Waals surface area (Å²) < 4.78 is 0. The van der Waals surface area contributed by atoms with E-state index in [4.69, 9.17) is 0 Å². The molecule has 0 saturated carbocycles. The molecule has 62 valence electrons. The Balaban J connectivity index is 2.71. The standard InChI is InChI=1S/C10H16O/c1-8-4-6-10(3,7-5-8)9(2)11/h4H,5-7H2,1-3H3. The van der Waals surface area contributed by atoms with Gasteiger partial charge in [-0.15, -0.1) is 0 Å². The molecule has 0 amide bonds. The lowest BCUT2D eigenvalue weighted by atomic mass is 9.74. The van der Waals surface area contributed by atoms with Crippen LogP contribution in [0.2, 0.25) is 0 Å². The second-order valence-electron chi connectivity index (χ2n) is 3.87. The molecule has 0 radical (unpaired) electrons. The van der Waals surface area contributed by atoms with Gasteiger partial charge in [-0.3, -0.25) is 4.79 Å². The number of carbonyl (C=O) groups is 1. The first-order chi connectivity index (χ1) is 5.04. The lowest BCUT2D eigenvalue weighted by Gasteiger charge is -2.29. The summed E-state index contributed by atoms with van der Waals surface area (Å²) in [7, 11) is 0. The Morgan fingerprint density at radius 3 is 2.64 bits per heavy atom. The van der Waals surface area contributed by atoms with Gasteiger partial charge in [-0.05, 0) is 33.1 Å². The van der Waals surface area contributed by atoms with Crippen molar-refractivity contribution in [3.63, 3.8) is 0 Å². The Morgan fingerprint density at radius 2 is 2.27 bits per heavy atom. The van der Waals surface area contributed by atoms with Gasteiger partial charge in [0.15, 0.2) is 0 Å². The quantitative estimate of drug-likeness (QED) is 0.528. The molecule has 0 aromatic heterocycles. The van der Waals surface area contributed by atoms with E-state index in [2.05, 4.69) is 19.9 Å². The molecule has 0 aliphatic heterocycles. The molecular weight excluding hydrogens is 136 g/mol. The summed E-state index contributed by atoms with van der Waals surface area (Å²) in [5.41, 5.74) is 1.38. The van der Waals surface area contributed by atoms with Crippen LogP contribution in [0.3, 0.4) is 0 Å². The van der Waals surface area contributed by atoms with E-state index in [-0.39, 0.29) is 5.41 Å². The van der Waals surface area contributed by atoms with Crippen LogP contribution in [0.15, 0.2) is 11.6 Å². The minimum absolute atomic E-state index is 0.0560. The lowest BCUT2D eigenvalue weighted by Crippen LogP contribution is -2.26. The van der Waals surface area contributed by atoms with E-state index in [1.807, 2.05) is 0 Å². The smallest absolute Gasteiger partial charge is 0.136 e. The molecule has 0 heterocycles. The summed E-state index contributed by atoms with van der Waals surface area (Å²) in [5.74, 6) is 0.334. The number of rotatable bonds is 1. The predicted octanol–water partition coefficient (Wildman–Crippen LogP) is 2.71. The maximum Gasteiger partial charge on any atom is 0.136 e.